The summed E-state index contributed by atoms with van der Waals surface area (Å²) in [5.74, 6) is 0.539. The molecule has 0 aliphatic rings. The number of hydrogen-bond donors (Lipinski definition) is 1. The minimum atomic E-state index is 0.539. The average molecular weight is 88.1 g/mol. The highest BCUT2D eigenvalue weighted by molar-refractivity contribution is 5.65. The summed E-state index contributed by atoms with van der Waals surface area (Å²) in [7, 11) is 0. The van der Waals surface area contributed by atoms with E-state index in [0.717, 1.165) is 0 Å². The van der Waals surface area contributed by atoms with E-state index in [1.807, 2.05) is 6.92 Å². The summed E-state index contributed by atoms with van der Waals surface area (Å²) < 4.78 is 4.74. The molecule has 0 aromatic carbocycles. The van der Waals surface area contributed by atoms with Gasteiger partial charge in [-0.2, -0.15) is 0 Å². The summed E-state index contributed by atoms with van der Waals surface area (Å²) in [5, 5.41) is 5.10. The fraction of sp³-hybridized carbons (Fsp3) is 0.750. The largest absolute Gasteiger partial charge is 0.449 e. The van der Waals surface area contributed by atoms with E-state index >= 15 is 0 Å². The number of rotatable bonds is 1. The Morgan fingerprint density at radius 3 is 2.33 bits per heavy atom. The highest BCUT2D eigenvalue weighted by atomic mass is 16.5. The van der Waals surface area contributed by atoms with Gasteiger partial charge in [-0.05, 0) is 6.92 Å². The van der Waals surface area contributed by atoms with Crippen LogP contribution < -0.4 is 5.41 Å². The van der Waals surface area contributed by atoms with E-state index in [1.165, 1.54) is 0 Å². The van der Waals surface area contributed by atoms with Crippen molar-refractivity contribution in [3.05, 3.63) is 0 Å². The molecule has 0 aliphatic heterocycles. The third-order valence-corrected chi connectivity index (χ3v) is 0.372. The molecule has 0 saturated carbocycles. The van der Waals surface area contributed by atoms with Crippen LogP contribution in [0.1, 0.15) is 13.8 Å². The molecule has 0 radical (unpaired) electrons. The van der Waals surface area contributed by atoms with E-state index in [1.54, 1.807) is 6.92 Å². The van der Waals surface area contributed by atoms with E-state index < -0.39 is 0 Å². The van der Waals surface area contributed by atoms with E-state index in [2.05, 4.69) is 0 Å². The predicted molar refractivity (Wildman–Crippen MR) is 24.2 cm³/mol. The van der Waals surface area contributed by atoms with Crippen LogP contribution in [0.2, 0.25) is 0 Å². The van der Waals surface area contributed by atoms with Crippen LogP contribution >= 0.6 is 0 Å². The molecular weight excluding hydrogens is 78.0 g/mol. The summed E-state index contributed by atoms with van der Waals surface area (Å²) in [6.07, 6.45) is 0. The second-order valence-corrected chi connectivity index (χ2v) is 1.04. The van der Waals surface area contributed by atoms with E-state index in [4.69, 9.17) is 10.1 Å². The van der Waals surface area contributed by atoms with Gasteiger partial charge in [0.1, 0.15) is 0 Å². The second kappa shape index (κ2) is 2.69. The van der Waals surface area contributed by atoms with E-state index in [-0.39, 0.29) is 0 Å². The van der Waals surface area contributed by atoms with Gasteiger partial charge in [-0.3, -0.25) is 0 Å². The van der Waals surface area contributed by atoms with Crippen LogP contribution in [0.15, 0.2) is 0 Å². The molecule has 0 spiro atoms. The molecule has 0 amide bonds. The van der Waals surface area contributed by atoms with Gasteiger partial charge in [-0.15, -0.1) is 0 Å². The summed E-state index contributed by atoms with van der Waals surface area (Å²) in [5.41, 5.74) is 0. The van der Waals surface area contributed by atoms with Crippen LogP contribution in [0.3, 0.4) is 0 Å². The summed E-state index contributed by atoms with van der Waals surface area (Å²) in [6, 6.07) is 0. The first-order valence-corrected chi connectivity index (χ1v) is 1.99. The van der Waals surface area contributed by atoms with Crippen molar-refractivity contribution in [2.24, 2.45) is 0 Å². The molecule has 0 heterocycles. The molecule has 0 atom stereocenters. The molecule has 0 aromatic heterocycles. The van der Waals surface area contributed by atoms with Gasteiger partial charge in [-0.25, -0.2) is 5.41 Å². The average Bonchev–Trinajstić information content (AvgIpc) is 1.35. The minimum Gasteiger partial charge on any atom is -0.449 e. The molecule has 0 fully saturated rings. The first kappa shape index (κ1) is 5.47. The lowest BCUT2D eigenvalue weighted by Gasteiger charge is -1.87. The zero-order valence-corrected chi connectivity index (χ0v) is 4.19. The first-order valence-electron chi connectivity index (χ1n) is 1.99. The minimum absolute atomic E-state index is 0.539. The maximum absolute atomic E-state index is 5.10. The molecule has 0 bridgehead atoms. The maximum atomic E-state index is 5.10. The molecule has 0 aliphatic carbocycles. The third-order valence-electron chi connectivity index (χ3n) is 0.372. The van der Waals surface area contributed by atoms with Crippen molar-refractivity contribution in [2.45, 2.75) is 13.8 Å². The van der Waals surface area contributed by atoms with Crippen LogP contribution in [-0.2, 0) is 4.74 Å². The van der Waals surface area contributed by atoms with Gasteiger partial charge in [0.25, 0.3) is 0 Å². The molecular formula is C4H10NO+. The lowest BCUT2D eigenvalue weighted by Crippen LogP contribution is -2.39. The SMILES string of the molecule is CCOC(C)=[NH2+]. The topological polar surface area (TPSA) is 34.8 Å². The van der Waals surface area contributed by atoms with Crippen molar-refractivity contribution in [1.82, 2.24) is 0 Å². The van der Waals surface area contributed by atoms with Crippen molar-refractivity contribution in [2.75, 3.05) is 6.61 Å². The smallest absolute Gasteiger partial charge is 0.329 e. The number of ether oxygens (including phenoxy) is 1. The molecule has 2 heteroatoms. The van der Waals surface area contributed by atoms with Crippen LogP contribution in [0.25, 0.3) is 0 Å². The van der Waals surface area contributed by atoms with Gasteiger partial charge < -0.3 is 4.74 Å². The fourth-order valence-corrected chi connectivity index (χ4v) is 0.228. The molecule has 2 N–H and O–H groups in total. The number of hydrogen-bond acceptors (Lipinski definition) is 1. The van der Waals surface area contributed by atoms with Crippen molar-refractivity contribution in [1.29, 1.82) is 0 Å². The molecule has 0 unspecified atom stereocenters. The normalized spacial score (nSPS) is 7.67. The third kappa shape index (κ3) is 3.47. The highest BCUT2D eigenvalue weighted by Gasteiger charge is 1.83. The summed E-state index contributed by atoms with van der Waals surface area (Å²) in [4.78, 5) is 0. The Labute approximate surface area is 37.6 Å². The van der Waals surface area contributed by atoms with Gasteiger partial charge in [0, 0.05) is 0 Å². The monoisotopic (exact) mass is 88.1 g/mol. The Hall–Kier alpha value is -0.530. The van der Waals surface area contributed by atoms with Crippen molar-refractivity contribution >= 4 is 5.90 Å². The lowest BCUT2D eigenvalue weighted by molar-refractivity contribution is -0.140. The Morgan fingerprint density at radius 1 is 1.83 bits per heavy atom. The quantitative estimate of drug-likeness (QED) is 0.330. The van der Waals surface area contributed by atoms with Gasteiger partial charge in [-0.1, -0.05) is 0 Å². The van der Waals surface area contributed by atoms with Crippen molar-refractivity contribution in [3.8, 4) is 0 Å². The molecule has 0 rings (SSSR count). The fourth-order valence-electron chi connectivity index (χ4n) is 0.228. The Morgan fingerprint density at radius 2 is 2.33 bits per heavy atom. The lowest BCUT2D eigenvalue weighted by atomic mass is 10.7. The highest BCUT2D eigenvalue weighted by Crippen LogP contribution is 1.66. The molecule has 2 nitrogen and oxygen atoms in total. The Balaban J connectivity index is 2.83. The predicted octanol–water partition coefficient (Wildman–Crippen LogP) is -0.800. The zero-order chi connectivity index (χ0) is 4.99. The van der Waals surface area contributed by atoms with Gasteiger partial charge in [0.2, 0.25) is 0 Å². The van der Waals surface area contributed by atoms with Crippen LogP contribution in [0, 0.1) is 0 Å². The first-order chi connectivity index (χ1) is 2.77. The van der Waals surface area contributed by atoms with Gasteiger partial charge >= 0.3 is 5.90 Å². The standard InChI is InChI=1S/C4H9NO/c1-3-6-4(2)5/h5H,3H2,1-2H3/p+1. The van der Waals surface area contributed by atoms with Crippen molar-refractivity contribution in [3.63, 3.8) is 0 Å². The number of nitrogens with two attached hydrogens (primary N) is 1. The van der Waals surface area contributed by atoms with Crippen LogP contribution in [0.4, 0.5) is 0 Å². The Kier molecular flexibility index (Phi) is 2.46. The van der Waals surface area contributed by atoms with Crippen LogP contribution in [0.5, 0.6) is 0 Å². The van der Waals surface area contributed by atoms with Crippen molar-refractivity contribution < 1.29 is 10.1 Å². The summed E-state index contributed by atoms with van der Waals surface area (Å²) >= 11 is 0. The second-order valence-electron chi connectivity index (χ2n) is 1.04. The maximum Gasteiger partial charge on any atom is 0.329 e. The Bertz CT molecular complexity index is 51.5. The molecule has 36 valence electrons. The van der Waals surface area contributed by atoms with Gasteiger partial charge in [0.15, 0.2) is 0 Å². The van der Waals surface area contributed by atoms with Gasteiger partial charge in [0.05, 0.1) is 13.5 Å². The van der Waals surface area contributed by atoms with Crippen LogP contribution in [-0.4, -0.2) is 12.5 Å². The van der Waals surface area contributed by atoms with E-state index in [0.29, 0.717) is 12.5 Å². The zero-order valence-electron chi connectivity index (χ0n) is 4.19. The van der Waals surface area contributed by atoms with E-state index in [9.17, 15) is 0 Å². The molecule has 0 aromatic rings. The summed E-state index contributed by atoms with van der Waals surface area (Å²) in [6.45, 7) is 4.29. The molecule has 6 heavy (non-hydrogen) atoms. The molecule has 0 saturated heterocycles.